The maximum atomic E-state index is 12.8. The van der Waals surface area contributed by atoms with Gasteiger partial charge in [0.25, 0.3) is 0 Å². The molecule has 2 N–H and O–H groups in total. The number of sulfonamides is 1. The standard InChI is InChI=1S/C15H24N2O2S/c1-11-6-7-12(2)15(9-11)20(18,19)17-8-4-5-14(10-17)13(3)16/h6-7,9,13-14H,4-5,8,10,16H2,1-3H3/t13-,14-/m1/s1. The highest BCUT2D eigenvalue weighted by Gasteiger charge is 2.32. The monoisotopic (exact) mass is 296 g/mol. The Morgan fingerprint density at radius 2 is 2.05 bits per heavy atom. The number of benzene rings is 1. The maximum Gasteiger partial charge on any atom is 0.243 e. The summed E-state index contributed by atoms with van der Waals surface area (Å²) in [6, 6.07) is 5.61. The number of hydrogen-bond acceptors (Lipinski definition) is 3. The van der Waals surface area contributed by atoms with Crippen LogP contribution in [0.1, 0.15) is 30.9 Å². The molecule has 112 valence electrons. The molecule has 2 atom stereocenters. The fourth-order valence-electron chi connectivity index (χ4n) is 2.75. The minimum absolute atomic E-state index is 0.0339. The van der Waals surface area contributed by atoms with Gasteiger partial charge in [0.15, 0.2) is 0 Å². The highest BCUT2D eigenvalue weighted by molar-refractivity contribution is 7.89. The van der Waals surface area contributed by atoms with Gasteiger partial charge >= 0.3 is 0 Å². The quantitative estimate of drug-likeness (QED) is 0.928. The van der Waals surface area contributed by atoms with Crippen LogP contribution < -0.4 is 5.73 Å². The van der Waals surface area contributed by atoms with Crippen LogP contribution in [0.4, 0.5) is 0 Å². The molecule has 1 saturated heterocycles. The van der Waals surface area contributed by atoms with Crippen LogP contribution in [0.3, 0.4) is 0 Å². The van der Waals surface area contributed by atoms with Gasteiger partial charge in [-0.05, 0) is 56.7 Å². The van der Waals surface area contributed by atoms with Gasteiger partial charge in [-0.15, -0.1) is 0 Å². The van der Waals surface area contributed by atoms with Crippen molar-refractivity contribution in [1.29, 1.82) is 0 Å². The molecule has 1 fully saturated rings. The first-order chi connectivity index (χ1) is 9.32. The average Bonchev–Trinajstić information content (AvgIpc) is 2.41. The van der Waals surface area contributed by atoms with Crippen LogP contribution in [0.25, 0.3) is 0 Å². The first kappa shape index (κ1) is 15.5. The third-order valence-corrected chi connectivity index (χ3v) is 6.13. The number of hydrogen-bond donors (Lipinski definition) is 1. The molecule has 1 heterocycles. The predicted molar refractivity (Wildman–Crippen MR) is 81.0 cm³/mol. The third-order valence-electron chi connectivity index (χ3n) is 4.13. The summed E-state index contributed by atoms with van der Waals surface area (Å²) in [6.45, 7) is 6.85. The van der Waals surface area contributed by atoms with Gasteiger partial charge in [-0.2, -0.15) is 4.31 Å². The van der Waals surface area contributed by atoms with Crippen LogP contribution in [0.2, 0.25) is 0 Å². The Bertz CT molecular complexity index is 582. The van der Waals surface area contributed by atoms with E-state index in [0.717, 1.165) is 24.0 Å². The summed E-state index contributed by atoms with van der Waals surface area (Å²) in [4.78, 5) is 0.433. The highest BCUT2D eigenvalue weighted by atomic mass is 32.2. The zero-order valence-electron chi connectivity index (χ0n) is 12.5. The smallest absolute Gasteiger partial charge is 0.243 e. The molecule has 0 amide bonds. The summed E-state index contributed by atoms with van der Waals surface area (Å²) in [7, 11) is -3.40. The lowest BCUT2D eigenvalue weighted by atomic mass is 9.93. The zero-order valence-corrected chi connectivity index (χ0v) is 13.3. The Hall–Kier alpha value is -0.910. The molecule has 0 radical (unpaired) electrons. The second kappa shape index (κ2) is 5.84. The molecule has 20 heavy (non-hydrogen) atoms. The molecule has 0 spiro atoms. The number of aryl methyl sites for hydroxylation is 2. The molecular formula is C15H24N2O2S. The maximum absolute atomic E-state index is 12.8. The molecule has 1 aliphatic heterocycles. The minimum atomic E-state index is -3.40. The topological polar surface area (TPSA) is 63.4 Å². The van der Waals surface area contributed by atoms with Gasteiger partial charge in [0, 0.05) is 19.1 Å². The largest absolute Gasteiger partial charge is 0.328 e. The van der Waals surface area contributed by atoms with Crippen LogP contribution >= 0.6 is 0 Å². The lowest BCUT2D eigenvalue weighted by molar-refractivity contribution is 0.243. The van der Waals surface area contributed by atoms with Crippen molar-refractivity contribution in [3.05, 3.63) is 29.3 Å². The summed E-state index contributed by atoms with van der Waals surface area (Å²) < 4.78 is 27.2. The first-order valence-electron chi connectivity index (χ1n) is 7.15. The van der Waals surface area contributed by atoms with Crippen LogP contribution in [-0.4, -0.2) is 31.9 Å². The fraction of sp³-hybridized carbons (Fsp3) is 0.600. The highest BCUT2D eigenvalue weighted by Crippen LogP contribution is 2.27. The van der Waals surface area contributed by atoms with E-state index in [9.17, 15) is 8.42 Å². The molecule has 0 unspecified atom stereocenters. The van der Waals surface area contributed by atoms with E-state index in [2.05, 4.69) is 0 Å². The van der Waals surface area contributed by atoms with Crippen LogP contribution in [-0.2, 0) is 10.0 Å². The van der Waals surface area contributed by atoms with E-state index in [1.807, 2.05) is 32.9 Å². The lowest BCUT2D eigenvalue weighted by Gasteiger charge is -2.34. The van der Waals surface area contributed by atoms with Gasteiger partial charge in [0.05, 0.1) is 4.90 Å². The minimum Gasteiger partial charge on any atom is -0.328 e. The van der Waals surface area contributed by atoms with E-state index < -0.39 is 10.0 Å². The van der Waals surface area contributed by atoms with E-state index in [4.69, 9.17) is 5.73 Å². The second-order valence-corrected chi connectivity index (χ2v) is 7.80. The van der Waals surface area contributed by atoms with Crippen molar-refractivity contribution in [1.82, 2.24) is 4.31 Å². The Morgan fingerprint density at radius 1 is 1.35 bits per heavy atom. The molecule has 0 aromatic heterocycles. The molecule has 1 aliphatic rings. The molecule has 5 heteroatoms. The number of nitrogens with two attached hydrogens (primary N) is 1. The van der Waals surface area contributed by atoms with E-state index in [0.29, 0.717) is 18.0 Å². The Balaban J connectivity index is 2.32. The molecule has 0 saturated carbocycles. The van der Waals surface area contributed by atoms with Crippen LogP contribution in [0, 0.1) is 19.8 Å². The van der Waals surface area contributed by atoms with Crippen molar-refractivity contribution in [2.75, 3.05) is 13.1 Å². The van der Waals surface area contributed by atoms with Gasteiger partial charge in [-0.1, -0.05) is 12.1 Å². The summed E-state index contributed by atoms with van der Waals surface area (Å²) in [5.74, 6) is 0.253. The number of piperidine rings is 1. The molecular weight excluding hydrogens is 272 g/mol. The van der Waals surface area contributed by atoms with Gasteiger partial charge < -0.3 is 5.73 Å². The van der Waals surface area contributed by atoms with Crippen molar-refractivity contribution in [3.63, 3.8) is 0 Å². The molecule has 4 nitrogen and oxygen atoms in total. The van der Waals surface area contributed by atoms with Crippen molar-refractivity contribution < 1.29 is 8.42 Å². The second-order valence-electron chi connectivity index (χ2n) is 5.89. The van der Waals surface area contributed by atoms with Gasteiger partial charge in [-0.25, -0.2) is 8.42 Å². The van der Waals surface area contributed by atoms with E-state index in [1.54, 1.807) is 10.4 Å². The predicted octanol–water partition coefficient (Wildman–Crippen LogP) is 2.05. The SMILES string of the molecule is Cc1ccc(C)c(S(=O)(=O)N2CCC[C@@H]([C@@H](C)N)C2)c1. The normalized spacial score (nSPS) is 22.7. The Kier molecular flexibility index (Phi) is 4.52. The molecule has 0 aliphatic carbocycles. The van der Waals surface area contributed by atoms with Crippen molar-refractivity contribution in [3.8, 4) is 0 Å². The summed E-state index contributed by atoms with van der Waals surface area (Å²) >= 11 is 0. The summed E-state index contributed by atoms with van der Waals surface area (Å²) in [6.07, 6.45) is 1.90. The van der Waals surface area contributed by atoms with E-state index in [1.165, 1.54) is 0 Å². The van der Waals surface area contributed by atoms with Crippen molar-refractivity contribution >= 4 is 10.0 Å². The summed E-state index contributed by atoms with van der Waals surface area (Å²) in [5.41, 5.74) is 7.72. The van der Waals surface area contributed by atoms with Crippen LogP contribution in [0.15, 0.2) is 23.1 Å². The van der Waals surface area contributed by atoms with Gasteiger partial charge in [0.1, 0.15) is 0 Å². The first-order valence-corrected chi connectivity index (χ1v) is 8.59. The Labute approximate surface area is 122 Å². The molecule has 1 aromatic carbocycles. The zero-order chi connectivity index (χ0) is 14.9. The van der Waals surface area contributed by atoms with Crippen LogP contribution in [0.5, 0.6) is 0 Å². The van der Waals surface area contributed by atoms with E-state index >= 15 is 0 Å². The summed E-state index contributed by atoms with van der Waals surface area (Å²) in [5, 5.41) is 0. The number of rotatable bonds is 3. The third kappa shape index (κ3) is 3.05. The van der Waals surface area contributed by atoms with Gasteiger partial charge in [0.2, 0.25) is 10.0 Å². The van der Waals surface area contributed by atoms with Crippen molar-refractivity contribution in [2.45, 2.75) is 44.6 Å². The van der Waals surface area contributed by atoms with Crippen molar-refractivity contribution in [2.24, 2.45) is 11.7 Å². The molecule has 0 bridgehead atoms. The lowest BCUT2D eigenvalue weighted by Crippen LogP contribution is -2.45. The molecule has 2 rings (SSSR count). The average molecular weight is 296 g/mol. The number of nitrogens with zero attached hydrogens (tertiary/aromatic N) is 1. The molecule has 1 aromatic rings. The Morgan fingerprint density at radius 3 is 2.70 bits per heavy atom. The fourth-order valence-corrected chi connectivity index (χ4v) is 4.59. The van der Waals surface area contributed by atoms with Gasteiger partial charge in [-0.3, -0.25) is 0 Å². The van der Waals surface area contributed by atoms with E-state index in [-0.39, 0.29) is 12.0 Å².